The van der Waals surface area contributed by atoms with E-state index in [-0.39, 0.29) is 5.92 Å². The number of benzene rings is 1. The molecule has 0 unspecified atom stereocenters. The Morgan fingerprint density at radius 1 is 1.33 bits per heavy atom. The predicted octanol–water partition coefficient (Wildman–Crippen LogP) is 2.77. The molecular formula is C15H19NO2. The van der Waals surface area contributed by atoms with Crippen LogP contribution in [0.1, 0.15) is 31.2 Å². The fourth-order valence-electron chi connectivity index (χ4n) is 2.79. The lowest BCUT2D eigenvalue weighted by Crippen LogP contribution is -2.41. The summed E-state index contributed by atoms with van der Waals surface area (Å²) in [5.41, 5.74) is 2.34. The molecule has 3 nitrogen and oxygen atoms in total. The van der Waals surface area contributed by atoms with Crippen LogP contribution in [0.15, 0.2) is 18.2 Å². The van der Waals surface area contributed by atoms with E-state index in [2.05, 4.69) is 6.07 Å². The van der Waals surface area contributed by atoms with Gasteiger partial charge >= 0.3 is 0 Å². The minimum Gasteiger partial charge on any atom is -0.497 e. The lowest BCUT2D eigenvalue weighted by molar-refractivity contribution is -0.124. The highest BCUT2D eigenvalue weighted by Crippen LogP contribution is 2.35. The molecule has 96 valence electrons. The number of methoxy groups -OCH3 is 1. The summed E-state index contributed by atoms with van der Waals surface area (Å²) in [6.45, 7) is 0.857. The predicted molar refractivity (Wildman–Crippen MR) is 71.0 cm³/mol. The van der Waals surface area contributed by atoms with Gasteiger partial charge in [0, 0.05) is 18.5 Å². The van der Waals surface area contributed by atoms with E-state index >= 15 is 0 Å². The van der Waals surface area contributed by atoms with Crippen molar-refractivity contribution < 1.29 is 9.53 Å². The normalized spacial score (nSPS) is 19.1. The van der Waals surface area contributed by atoms with Crippen LogP contribution in [0.4, 0.5) is 5.69 Å². The molecule has 0 bridgehead atoms. The minimum absolute atomic E-state index is 0.266. The smallest absolute Gasteiger partial charge is 0.230 e. The molecule has 1 fully saturated rings. The van der Waals surface area contributed by atoms with Crippen LogP contribution in [-0.4, -0.2) is 19.6 Å². The molecule has 1 aliphatic heterocycles. The van der Waals surface area contributed by atoms with Crippen molar-refractivity contribution in [3.05, 3.63) is 23.8 Å². The van der Waals surface area contributed by atoms with Gasteiger partial charge in [0.15, 0.2) is 0 Å². The molecule has 1 heterocycles. The molecule has 18 heavy (non-hydrogen) atoms. The standard InChI is InChI=1S/C15H19NO2/c1-18-13-8-7-11-6-3-9-16(14(11)10-13)15(17)12-4-2-5-12/h7-8,10,12H,2-6,9H2,1H3. The first-order chi connectivity index (χ1) is 8.79. The molecule has 0 N–H and O–H groups in total. The van der Waals surface area contributed by atoms with Crippen molar-refractivity contribution in [3.63, 3.8) is 0 Å². The number of aryl methyl sites for hydroxylation is 1. The minimum atomic E-state index is 0.266. The van der Waals surface area contributed by atoms with Gasteiger partial charge in [0.05, 0.1) is 12.8 Å². The molecule has 0 atom stereocenters. The van der Waals surface area contributed by atoms with E-state index in [9.17, 15) is 4.79 Å². The van der Waals surface area contributed by atoms with Gasteiger partial charge in [0.1, 0.15) is 5.75 Å². The number of carbonyl (C=O) groups is 1. The Balaban J connectivity index is 1.91. The van der Waals surface area contributed by atoms with Crippen LogP contribution in [0.3, 0.4) is 0 Å². The molecule has 1 amide bonds. The average Bonchev–Trinajstić information content (AvgIpc) is 2.35. The molecule has 2 aliphatic rings. The average molecular weight is 245 g/mol. The number of fused-ring (bicyclic) bond motifs is 1. The summed E-state index contributed by atoms with van der Waals surface area (Å²) in [7, 11) is 1.67. The summed E-state index contributed by atoms with van der Waals surface area (Å²) in [5.74, 6) is 1.42. The summed E-state index contributed by atoms with van der Waals surface area (Å²) in [4.78, 5) is 14.4. The molecular weight excluding hydrogens is 226 g/mol. The second-order valence-electron chi connectivity index (χ2n) is 5.22. The van der Waals surface area contributed by atoms with E-state index in [4.69, 9.17) is 4.74 Å². The topological polar surface area (TPSA) is 29.5 Å². The van der Waals surface area contributed by atoms with Gasteiger partial charge < -0.3 is 9.64 Å². The number of hydrogen-bond donors (Lipinski definition) is 0. The lowest BCUT2D eigenvalue weighted by Gasteiger charge is -2.35. The quantitative estimate of drug-likeness (QED) is 0.802. The Morgan fingerprint density at radius 2 is 2.17 bits per heavy atom. The maximum atomic E-state index is 12.4. The van der Waals surface area contributed by atoms with Crippen molar-refractivity contribution in [2.45, 2.75) is 32.1 Å². The first-order valence-corrected chi connectivity index (χ1v) is 6.78. The van der Waals surface area contributed by atoms with Crippen molar-refractivity contribution >= 4 is 11.6 Å². The second-order valence-corrected chi connectivity index (χ2v) is 5.22. The SMILES string of the molecule is COc1ccc2c(c1)N(C(=O)C1CCC1)CCC2. The highest BCUT2D eigenvalue weighted by atomic mass is 16.5. The van der Waals surface area contributed by atoms with E-state index in [1.807, 2.05) is 17.0 Å². The van der Waals surface area contributed by atoms with Crippen LogP contribution in [-0.2, 0) is 11.2 Å². The van der Waals surface area contributed by atoms with E-state index in [0.29, 0.717) is 5.91 Å². The van der Waals surface area contributed by atoms with Crippen LogP contribution < -0.4 is 9.64 Å². The van der Waals surface area contributed by atoms with Crippen molar-refractivity contribution in [1.82, 2.24) is 0 Å². The molecule has 1 aromatic rings. The van der Waals surface area contributed by atoms with Crippen LogP contribution in [0.25, 0.3) is 0 Å². The molecule has 0 saturated heterocycles. The largest absolute Gasteiger partial charge is 0.497 e. The fraction of sp³-hybridized carbons (Fsp3) is 0.533. The number of rotatable bonds is 2. The van der Waals surface area contributed by atoms with E-state index in [1.54, 1.807) is 7.11 Å². The molecule has 1 aliphatic carbocycles. The van der Waals surface area contributed by atoms with Crippen LogP contribution in [0.2, 0.25) is 0 Å². The Kier molecular flexibility index (Phi) is 2.98. The number of anilines is 1. The van der Waals surface area contributed by atoms with Crippen molar-refractivity contribution in [1.29, 1.82) is 0 Å². The van der Waals surface area contributed by atoms with E-state index in [0.717, 1.165) is 43.7 Å². The third-order valence-electron chi connectivity index (χ3n) is 4.13. The highest BCUT2D eigenvalue weighted by Gasteiger charge is 2.32. The Hall–Kier alpha value is -1.51. The summed E-state index contributed by atoms with van der Waals surface area (Å²) in [5, 5.41) is 0. The van der Waals surface area contributed by atoms with E-state index < -0.39 is 0 Å². The molecule has 3 heteroatoms. The summed E-state index contributed by atoms with van der Waals surface area (Å²) in [6.07, 6.45) is 5.46. The van der Waals surface area contributed by atoms with Crippen molar-refractivity contribution in [2.24, 2.45) is 5.92 Å². The number of amides is 1. The van der Waals surface area contributed by atoms with Gasteiger partial charge in [-0.3, -0.25) is 4.79 Å². The third-order valence-corrected chi connectivity index (χ3v) is 4.13. The molecule has 0 spiro atoms. The van der Waals surface area contributed by atoms with Crippen LogP contribution in [0, 0.1) is 5.92 Å². The van der Waals surface area contributed by atoms with Crippen molar-refractivity contribution in [2.75, 3.05) is 18.6 Å². The Bertz CT molecular complexity index is 466. The van der Waals surface area contributed by atoms with Gasteiger partial charge in [-0.2, -0.15) is 0 Å². The fourth-order valence-corrected chi connectivity index (χ4v) is 2.79. The van der Waals surface area contributed by atoms with Gasteiger partial charge in [-0.05, 0) is 37.3 Å². The summed E-state index contributed by atoms with van der Waals surface area (Å²) in [6, 6.07) is 6.08. The van der Waals surface area contributed by atoms with Crippen LogP contribution >= 0.6 is 0 Å². The zero-order valence-electron chi connectivity index (χ0n) is 10.8. The first kappa shape index (κ1) is 11.6. The molecule has 3 rings (SSSR count). The molecule has 1 aromatic carbocycles. The molecule has 0 radical (unpaired) electrons. The van der Waals surface area contributed by atoms with E-state index in [1.165, 1.54) is 12.0 Å². The monoisotopic (exact) mass is 245 g/mol. The summed E-state index contributed by atoms with van der Waals surface area (Å²) < 4.78 is 5.27. The van der Waals surface area contributed by atoms with Gasteiger partial charge in [0.25, 0.3) is 0 Å². The Labute approximate surface area is 108 Å². The highest BCUT2D eigenvalue weighted by molar-refractivity contribution is 5.96. The van der Waals surface area contributed by atoms with Gasteiger partial charge in [-0.15, -0.1) is 0 Å². The van der Waals surface area contributed by atoms with Crippen molar-refractivity contribution in [3.8, 4) is 5.75 Å². The Morgan fingerprint density at radius 3 is 2.83 bits per heavy atom. The second kappa shape index (κ2) is 4.63. The third kappa shape index (κ3) is 1.88. The van der Waals surface area contributed by atoms with Gasteiger partial charge in [-0.1, -0.05) is 12.5 Å². The zero-order valence-corrected chi connectivity index (χ0v) is 10.8. The molecule has 0 aromatic heterocycles. The maximum Gasteiger partial charge on any atom is 0.230 e. The summed E-state index contributed by atoms with van der Waals surface area (Å²) >= 11 is 0. The van der Waals surface area contributed by atoms with Crippen LogP contribution in [0.5, 0.6) is 5.75 Å². The first-order valence-electron chi connectivity index (χ1n) is 6.78. The van der Waals surface area contributed by atoms with Gasteiger partial charge in [-0.25, -0.2) is 0 Å². The zero-order chi connectivity index (χ0) is 12.5. The lowest BCUT2D eigenvalue weighted by atomic mass is 9.83. The number of nitrogens with zero attached hydrogens (tertiary/aromatic N) is 1. The number of carbonyl (C=O) groups excluding carboxylic acids is 1. The number of hydrogen-bond acceptors (Lipinski definition) is 2. The number of ether oxygens (including phenoxy) is 1. The van der Waals surface area contributed by atoms with Gasteiger partial charge in [0.2, 0.25) is 5.91 Å². The maximum absolute atomic E-state index is 12.4. The molecule has 1 saturated carbocycles.